The summed E-state index contributed by atoms with van der Waals surface area (Å²) in [7, 11) is 0. The summed E-state index contributed by atoms with van der Waals surface area (Å²) in [6, 6.07) is 5.92. The van der Waals surface area contributed by atoms with Gasteiger partial charge < -0.3 is 10.6 Å². The van der Waals surface area contributed by atoms with E-state index in [0.717, 1.165) is 32.2 Å². The standard InChI is InChI=1S/C19H28FN5S/c20-17-13-15(14-22-23-19(21)26)7-8-18(17)25-11-9-24(10-12-25)16-5-3-1-2-4-6-16/h7-8,13-14,16H,1-6,9-12H2,(H3,21,23,26). The highest BCUT2D eigenvalue weighted by Gasteiger charge is 2.25. The van der Waals surface area contributed by atoms with Gasteiger partial charge in [-0.05, 0) is 42.8 Å². The van der Waals surface area contributed by atoms with Gasteiger partial charge in [0.1, 0.15) is 5.82 Å². The summed E-state index contributed by atoms with van der Waals surface area (Å²) in [5.74, 6) is -0.216. The monoisotopic (exact) mass is 377 g/mol. The van der Waals surface area contributed by atoms with Crippen LogP contribution in [0.2, 0.25) is 0 Å². The molecule has 26 heavy (non-hydrogen) atoms. The van der Waals surface area contributed by atoms with E-state index in [1.54, 1.807) is 0 Å². The Morgan fingerprint density at radius 3 is 2.46 bits per heavy atom. The molecule has 0 spiro atoms. The van der Waals surface area contributed by atoms with Crippen LogP contribution in [0.25, 0.3) is 0 Å². The SMILES string of the molecule is NC(=S)NN=Cc1ccc(N2CCN(C3CCCCCC3)CC2)c(F)c1. The van der Waals surface area contributed by atoms with Crippen LogP contribution < -0.4 is 16.1 Å². The van der Waals surface area contributed by atoms with Crippen LogP contribution in [-0.4, -0.2) is 48.4 Å². The van der Waals surface area contributed by atoms with Crippen LogP contribution in [0.4, 0.5) is 10.1 Å². The Morgan fingerprint density at radius 2 is 1.85 bits per heavy atom. The molecule has 142 valence electrons. The largest absolute Gasteiger partial charge is 0.375 e. The van der Waals surface area contributed by atoms with Gasteiger partial charge in [-0.25, -0.2) is 4.39 Å². The molecule has 5 nitrogen and oxygen atoms in total. The van der Waals surface area contributed by atoms with Gasteiger partial charge in [0.15, 0.2) is 5.11 Å². The molecule has 1 aliphatic carbocycles. The van der Waals surface area contributed by atoms with Crippen molar-refractivity contribution < 1.29 is 4.39 Å². The lowest BCUT2D eigenvalue weighted by Crippen LogP contribution is -2.50. The molecule has 0 amide bonds. The van der Waals surface area contributed by atoms with Gasteiger partial charge in [0, 0.05) is 32.2 Å². The van der Waals surface area contributed by atoms with Gasteiger partial charge in [-0.2, -0.15) is 5.10 Å². The lowest BCUT2D eigenvalue weighted by molar-refractivity contribution is 0.169. The van der Waals surface area contributed by atoms with Crippen molar-refractivity contribution in [1.29, 1.82) is 0 Å². The number of hydrazone groups is 1. The normalized spacial score (nSPS) is 20.3. The van der Waals surface area contributed by atoms with Crippen molar-refractivity contribution >= 4 is 29.2 Å². The van der Waals surface area contributed by atoms with Crippen LogP contribution in [0.1, 0.15) is 44.1 Å². The molecule has 1 saturated heterocycles. The Balaban J connectivity index is 1.57. The van der Waals surface area contributed by atoms with Crippen molar-refractivity contribution in [3.05, 3.63) is 29.6 Å². The Hall–Kier alpha value is -1.73. The van der Waals surface area contributed by atoms with Crippen LogP contribution in [0, 0.1) is 5.82 Å². The number of nitrogens with zero attached hydrogens (tertiary/aromatic N) is 3. The van der Waals surface area contributed by atoms with E-state index in [1.165, 1.54) is 50.8 Å². The Labute approximate surface area is 160 Å². The summed E-state index contributed by atoms with van der Waals surface area (Å²) in [4.78, 5) is 4.76. The van der Waals surface area contributed by atoms with Crippen molar-refractivity contribution in [3.63, 3.8) is 0 Å². The predicted octanol–water partition coefficient (Wildman–Crippen LogP) is 2.84. The molecule has 1 aromatic rings. The molecule has 2 fully saturated rings. The second-order valence-corrected chi connectivity index (χ2v) is 7.55. The molecule has 3 rings (SSSR count). The summed E-state index contributed by atoms with van der Waals surface area (Å²) in [5.41, 5.74) is 9.12. The third-order valence-electron chi connectivity index (χ3n) is 5.36. The average molecular weight is 378 g/mol. The van der Waals surface area contributed by atoms with Crippen LogP contribution in [0.5, 0.6) is 0 Å². The first-order chi connectivity index (χ1) is 12.6. The molecule has 2 aliphatic rings. The first-order valence-electron chi connectivity index (χ1n) is 9.50. The lowest BCUT2D eigenvalue weighted by Gasteiger charge is -2.40. The average Bonchev–Trinajstić information content (AvgIpc) is 2.91. The maximum absolute atomic E-state index is 14.5. The molecular formula is C19H28FN5S. The molecule has 1 saturated carbocycles. The van der Waals surface area contributed by atoms with E-state index in [4.69, 9.17) is 5.73 Å². The molecule has 0 radical (unpaired) electrons. The molecule has 0 atom stereocenters. The Morgan fingerprint density at radius 1 is 1.15 bits per heavy atom. The van der Waals surface area contributed by atoms with Gasteiger partial charge in [-0.3, -0.25) is 10.3 Å². The Kier molecular flexibility index (Phi) is 6.80. The summed E-state index contributed by atoms with van der Waals surface area (Å²) in [5, 5.41) is 3.95. The zero-order chi connectivity index (χ0) is 18.4. The number of rotatable bonds is 4. The fourth-order valence-corrected chi connectivity index (χ4v) is 4.03. The highest BCUT2D eigenvalue weighted by molar-refractivity contribution is 7.80. The Bertz CT molecular complexity index is 635. The fourth-order valence-electron chi connectivity index (χ4n) is 3.98. The number of nitrogens with two attached hydrogens (primary N) is 1. The molecule has 0 bridgehead atoms. The van der Waals surface area contributed by atoms with Gasteiger partial charge in [0.2, 0.25) is 0 Å². The highest BCUT2D eigenvalue weighted by atomic mass is 32.1. The van der Waals surface area contributed by atoms with Crippen molar-refractivity contribution in [2.24, 2.45) is 10.8 Å². The highest BCUT2D eigenvalue weighted by Crippen LogP contribution is 2.26. The van der Waals surface area contributed by atoms with Crippen LogP contribution >= 0.6 is 12.2 Å². The number of halogens is 1. The third-order valence-corrected chi connectivity index (χ3v) is 5.45. The van der Waals surface area contributed by atoms with Crippen molar-refractivity contribution in [2.75, 3.05) is 31.1 Å². The van der Waals surface area contributed by atoms with Gasteiger partial charge in [0.05, 0.1) is 11.9 Å². The summed E-state index contributed by atoms with van der Waals surface area (Å²) in [6.07, 6.45) is 9.62. The topological polar surface area (TPSA) is 56.9 Å². The molecular weight excluding hydrogens is 349 g/mol. The number of benzene rings is 1. The zero-order valence-corrected chi connectivity index (χ0v) is 16.0. The number of nitrogens with one attached hydrogen (secondary N) is 1. The minimum atomic E-state index is -0.216. The summed E-state index contributed by atoms with van der Waals surface area (Å²) < 4.78 is 14.5. The molecule has 0 unspecified atom stereocenters. The fraction of sp³-hybridized carbons (Fsp3) is 0.579. The smallest absolute Gasteiger partial charge is 0.184 e. The van der Waals surface area contributed by atoms with E-state index in [-0.39, 0.29) is 10.9 Å². The maximum Gasteiger partial charge on any atom is 0.184 e. The van der Waals surface area contributed by atoms with E-state index < -0.39 is 0 Å². The van der Waals surface area contributed by atoms with Gasteiger partial charge >= 0.3 is 0 Å². The van der Waals surface area contributed by atoms with Crippen LogP contribution in [0.3, 0.4) is 0 Å². The van der Waals surface area contributed by atoms with Gasteiger partial charge in [-0.15, -0.1) is 0 Å². The second kappa shape index (κ2) is 9.28. The van der Waals surface area contributed by atoms with E-state index in [1.807, 2.05) is 12.1 Å². The van der Waals surface area contributed by atoms with E-state index in [0.29, 0.717) is 11.3 Å². The predicted molar refractivity (Wildman–Crippen MR) is 109 cm³/mol. The number of anilines is 1. The minimum Gasteiger partial charge on any atom is -0.375 e. The van der Waals surface area contributed by atoms with E-state index in [2.05, 4.69) is 32.5 Å². The number of hydrogen-bond donors (Lipinski definition) is 2. The first-order valence-corrected chi connectivity index (χ1v) is 9.91. The van der Waals surface area contributed by atoms with E-state index >= 15 is 0 Å². The van der Waals surface area contributed by atoms with Crippen molar-refractivity contribution in [3.8, 4) is 0 Å². The molecule has 3 N–H and O–H groups in total. The van der Waals surface area contributed by atoms with Crippen LogP contribution in [0.15, 0.2) is 23.3 Å². The number of piperazine rings is 1. The van der Waals surface area contributed by atoms with Gasteiger partial charge in [0.25, 0.3) is 0 Å². The molecule has 1 aliphatic heterocycles. The number of hydrogen-bond acceptors (Lipinski definition) is 4. The van der Waals surface area contributed by atoms with Crippen molar-refractivity contribution in [1.82, 2.24) is 10.3 Å². The van der Waals surface area contributed by atoms with E-state index in [9.17, 15) is 4.39 Å². The second-order valence-electron chi connectivity index (χ2n) is 7.11. The van der Waals surface area contributed by atoms with Crippen molar-refractivity contribution in [2.45, 2.75) is 44.6 Å². The summed E-state index contributed by atoms with van der Waals surface area (Å²) >= 11 is 4.68. The molecule has 0 aromatic heterocycles. The summed E-state index contributed by atoms with van der Waals surface area (Å²) in [6.45, 7) is 3.80. The van der Waals surface area contributed by atoms with Crippen LogP contribution in [-0.2, 0) is 0 Å². The quantitative estimate of drug-likeness (QED) is 0.366. The van der Waals surface area contributed by atoms with Gasteiger partial charge in [-0.1, -0.05) is 31.7 Å². The zero-order valence-electron chi connectivity index (χ0n) is 15.2. The number of thiocarbonyl (C=S) groups is 1. The third kappa shape index (κ3) is 5.14. The maximum atomic E-state index is 14.5. The molecule has 1 aromatic carbocycles. The lowest BCUT2D eigenvalue weighted by atomic mass is 10.1. The first kappa shape index (κ1) is 19.0. The molecule has 7 heteroatoms. The minimum absolute atomic E-state index is 0.0879. The molecule has 1 heterocycles.